The van der Waals surface area contributed by atoms with E-state index >= 15 is 0 Å². The van der Waals surface area contributed by atoms with E-state index in [2.05, 4.69) is 51.2 Å². The SMILES string of the molecule is CN(C)c1ccc2c(c1)Sc1cc(OC(=O)c3ccccc3I)ccc1N2C(=O)c1ccccc1I. The predicted molar refractivity (Wildman–Crippen MR) is 161 cm³/mol. The quantitative estimate of drug-likeness (QED) is 0.124. The van der Waals surface area contributed by atoms with Gasteiger partial charge in [0.05, 0.1) is 22.5 Å². The molecule has 1 heterocycles. The molecule has 0 saturated heterocycles. The van der Waals surface area contributed by atoms with E-state index in [0.29, 0.717) is 16.9 Å². The highest BCUT2D eigenvalue weighted by molar-refractivity contribution is 14.1. The highest BCUT2D eigenvalue weighted by Crippen LogP contribution is 2.50. The van der Waals surface area contributed by atoms with E-state index < -0.39 is 5.97 Å². The largest absolute Gasteiger partial charge is 0.423 e. The fourth-order valence-electron chi connectivity index (χ4n) is 3.88. The Kier molecular flexibility index (Phi) is 7.27. The fraction of sp³-hybridized carbons (Fsp3) is 0.0714. The Morgan fingerprint density at radius 2 is 1.36 bits per heavy atom. The number of benzene rings is 4. The van der Waals surface area contributed by atoms with Gasteiger partial charge >= 0.3 is 5.97 Å². The smallest absolute Gasteiger partial charge is 0.344 e. The third kappa shape index (κ3) is 4.85. The Morgan fingerprint density at radius 1 is 0.778 bits per heavy atom. The molecule has 0 atom stereocenters. The Hall–Kier alpha value is -2.57. The molecule has 0 aromatic heterocycles. The summed E-state index contributed by atoms with van der Waals surface area (Å²) in [5.41, 5.74) is 3.76. The second-order valence-corrected chi connectivity index (χ2v) is 11.7. The Morgan fingerprint density at radius 3 is 2.00 bits per heavy atom. The van der Waals surface area contributed by atoms with Gasteiger partial charge in [-0.15, -0.1) is 0 Å². The number of amides is 1. The van der Waals surface area contributed by atoms with Gasteiger partial charge in [-0.05, 0) is 106 Å². The Balaban J connectivity index is 1.57. The van der Waals surface area contributed by atoms with Crippen LogP contribution in [0.3, 0.4) is 0 Å². The van der Waals surface area contributed by atoms with Crippen molar-refractivity contribution in [2.75, 3.05) is 23.9 Å². The maximum Gasteiger partial charge on any atom is 0.344 e. The van der Waals surface area contributed by atoms with E-state index in [1.54, 1.807) is 28.8 Å². The number of hydrogen-bond acceptors (Lipinski definition) is 5. The standard InChI is InChI=1S/C28H20I2N2O3S/c1-31(2)17-11-13-23-25(15-17)36-26-16-18(35-28(34)20-8-4-6-10-22(20)30)12-14-24(26)32(23)27(33)19-7-3-5-9-21(19)29/h3-16H,1-2H3. The predicted octanol–water partition coefficient (Wildman–Crippen LogP) is 7.62. The van der Waals surface area contributed by atoms with Gasteiger partial charge in [-0.25, -0.2) is 4.79 Å². The average Bonchev–Trinajstić information content (AvgIpc) is 2.87. The van der Waals surface area contributed by atoms with Gasteiger partial charge in [0.2, 0.25) is 0 Å². The van der Waals surface area contributed by atoms with E-state index in [0.717, 1.165) is 34.0 Å². The molecule has 36 heavy (non-hydrogen) atoms. The molecule has 0 spiro atoms. The summed E-state index contributed by atoms with van der Waals surface area (Å²) in [6.45, 7) is 0. The van der Waals surface area contributed by atoms with E-state index in [1.165, 1.54) is 0 Å². The van der Waals surface area contributed by atoms with Gasteiger partial charge in [0.1, 0.15) is 5.75 Å². The zero-order valence-electron chi connectivity index (χ0n) is 19.4. The van der Waals surface area contributed by atoms with E-state index in [9.17, 15) is 9.59 Å². The number of fused-ring (bicyclic) bond motifs is 2. The van der Waals surface area contributed by atoms with Crippen molar-refractivity contribution in [3.63, 3.8) is 0 Å². The minimum atomic E-state index is -0.414. The fourth-order valence-corrected chi connectivity index (χ4v) is 6.23. The first-order valence-electron chi connectivity index (χ1n) is 11.0. The molecule has 8 heteroatoms. The van der Waals surface area contributed by atoms with Crippen molar-refractivity contribution < 1.29 is 14.3 Å². The van der Waals surface area contributed by atoms with Crippen molar-refractivity contribution in [1.82, 2.24) is 0 Å². The number of esters is 1. The molecule has 0 N–H and O–H groups in total. The van der Waals surface area contributed by atoms with Crippen LogP contribution in [0.15, 0.2) is 94.7 Å². The van der Waals surface area contributed by atoms with Gasteiger partial charge in [0.25, 0.3) is 5.91 Å². The highest BCUT2D eigenvalue weighted by Gasteiger charge is 2.31. The summed E-state index contributed by atoms with van der Waals surface area (Å²) in [4.78, 5) is 32.3. The lowest BCUT2D eigenvalue weighted by molar-refractivity contribution is 0.0733. The molecule has 1 aliphatic heterocycles. The summed E-state index contributed by atoms with van der Waals surface area (Å²) in [6, 6.07) is 26.4. The zero-order chi connectivity index (χ0) is 25.4. The number of hydrogen-bond donors (Lipinski definition) is 0. The second kappa shape index (κ2) is 10.4. The molecule has 4 aromatic carbocycles. The van der Waals surface area contributed by atoms with Crippen LogP contribution in [0.4, 0.5) is 17.1 Å². The van der Waals surface area contributed by atoms with E-state index in [4.69, 9.17) is 4.74 Å². The van der Waals surface area contributed by atoms with Crippen LogP contribution in [-0.4, -0.2) is 26.0 Å². The molecule has 0 aliphatic carbocycles. The maximum atomic E-state index is 13.9. The first-order valence-corrected chi connectivity index (χ1v) is 14.0. The summed E-state index contributed by atoms with van der Waals surface area (Å²) in [5, 5.41) is 0. The summed E-state index contributed by atoms with van der Waals surface area (Å²) in [7, 11) is 3.97. The molecule has 1 amide bonds. The van der Waals surface area contributed by atoms with Crippen molar-refractivity contribution in [1.29, 1.82) is 0 Å². The lowest BCUT2D eigenvalue weighted by Gasteiger charge is -2.32. The van der Waals surface area contributed by atoms with Crippen LogP contribution in [0.25, 0.3) is 0 Å². The molecule has 4 aromatic rings. The number of halogens is 2. The molecule has 0 fully saturated rings. The van der Waals surface area contributed by atoms with Gasteiger partial charge < -0.3 is 9.64 Å². The van der Waals surface area contributed by atoms with Gasteiger partial charge in [0, 0.05) is 36.7 Å². The number of carbonyl (C=O) groups excluding carboxylic acids is 2. The van der Waals surface area contributed by atoms with E-state index in [-0.39, 0.29) is 5.91 Å². The van der Waals surface area contributed by atoms with Crippen LogP contribution in [0, 0.1) is 7.14 Å². The third-order valence-electron chi connectivity index (χ3n) is 5.70. The van der Waals surface area contributed by atoms with Crippen molar-refractivity contribution in [2.45, 2.75) is 9.79 Å². The Labute approximate surface area is 241 Å². The first kappa shape index (κ1) is 25.1. The maximum absolute atomic E-state index is 13.9. The normalized spacial score (nSPS) is 11.9. The molecule has 1 aliphatic rings. The minimum absolute atomic E-state index is 0.107. The summed E-state index contributed by atoms with van der Waals surface area (Å²) in [6.07, 6.45) is 0. The average molecular weight is 718 g/mol. The van der Waals surface area contributed by atoms with Gasteiger partial charge in [-0.1, -0.05) is 36.0 Å². The second-order valence-electron chi connectivity index (χ2n) is 8.27. The van der Waals surface area contributed by atoms with Gasteiger partial charge in [-0.2, -0.15) is 0 Å². The third-order valence-corrected chi connectivity index (χ3v) is 8.68. The van der Waals surface area contributed by atoms with Crippen LogP contribution in [0.1, 0.15) is 20.7 Å². The Bertz CT molecular complexity index is 1510. The van der Waals surface area contributed by atoms with Crippen molar-refractivity contribution in [3.05, 3.63) is 103 Å². The van der Waals surface area contributed by atoms with Crippen LogP contribution < -0.4 is 14.5 Å². The summed E-state index contributed by atoms with van der Waals surface area (Å²) >= 11 is 5.88. The topological polar surface area (TPSA) is 49.9 Å². The van der Waals surface area contributed by atoms with Crippen LogP contribution >= 0.6 is 56.9 Å². The molecule has 0 saturated carbocycles. The molecule has 180 valence electrons. The highest BCUT2D eigenvalue weighted by atomic mass is 127. The summed E-state index contributed by atoms with van der Waals surface area (Å²) < 4.78 is 7.44. The van der Waals surface area contributed by atoms with Gasteiger partial charge in [0.15, 0.2) is 0 Å². The van der Waals surface area contributed by atoms with E-state index in [1.807, 2.05) is 85.7 Å². The number of ether oxygens (including phenoxy) is 1. The molecule has 5 nitrogen and oxygen atoms in total. The number of carbonyl (C=O) groups is 2. The monoisotopic (exact) mass is 718 g/mol. The molecule has 5 rings (SSSR count). The van der Waals surface area contributed by atoms with Crippen LogP contribution in [0.2, 0.25) is 0 Å². The number of nitrogens with zero attached hydrogens (tertiary/aromatic N) is 2. The minimum Gasteiger partial charge on any atom is -0.423 e. The lowest BCUT2D eigenvalue weighted by atomic mass is 10.1. The van der Waals surface area contributed by atoms with Crippen LogP contribution in [-0.2, 0) is 0 Å². The molecular weight excluding hydrogens is 698 g/mol. The summed E-state index contributed by atoms with van der Waals surface area (Å²) in [5.74, 6) is -0.0911. The first-order chi connectivity index (χ1) is 17.3. The van der Waals surface area contributed by atoms with Crippen molar-refractivity contribution >= 4 is 85.9 Å². The van der Waals surface area contributed by atoms with Gasteiger partial charge in [-0.3, -0.25) is 9.69 Å². The number of rotatable bonds is 4. The molecule has 0 bridgehead atoms. The molecule has 0 radical (unpaired) electrons. The molecular formula is C28H20I2N2O3S. The van der Waals surface area contributed by atoms with Crippen molar-refractivity contribution in [2.24, 2.45) is 0 Å². The van der Waals surface area contributed by atoms with Crippen molar-refractivity contribution in [3.8, 4) is 5.75 Å². The van der Waals surface area contributed by atoms with Crippen LogP contribution in [0.5, 0.6) is 5.75 Å². The zero-order valence-corrected chi connectivity index (χ0v) is 24.5. The lowest BCUT2D eigenvalue weighted by Crippen LogP contribution is -2.29. The molecule has 0 unspecified atom stereocenters. The number of anilines is 3.